The molecule has 0 aliphatic heterocycles. The van der Waals surface area contributed by atoms with Crippen LogP contribution in [0.15, 0.2) is 22.7 Å². The Morgan fingerprint density at radius 2 is 2.10 bits per heavy atom. The third-order valence-corrected chi connectivity index (χ3v) is 4.75. The summed E-state index contributed by atoms with van der Waals surface area (Å²) >= 11 is 3.28. The largest absolute Gasteiger partial charge is 0.383 e. The van der Waals surface area contributed by atoms with Crippen molar-refractivity contribution < 1.29 is 4.39 Å². The fraction of sp³-hybridized carbons (Fsp3) is 0.438. The zero-order valence-corrected chi connectivity index (χ0v) is 13.7. The van der Waals surface area contributed by atoms with E-state index in [-0.39, 0.29) is 5.82 Å². The van der Waals surface area contributed by atoms with Gasteiger partial charge in [-0.15, -0.1) is 0 Å². The number of aromatic nitrogens is 2. The SMILES string of the molecule is CCn1c(C2CCCC2)nc(-c2ccc(Br)cc2F)c1N. The Morgan fingerprint density at radius 3 is 2.71 bits per heavy atom. The van der Waals surface area contributed by atoms with E-state index in [9.17, 15) is 4.39 Å². The van der Waals surface area contributed by atoms with Gasteiger partial charge in [-0.25, -0.2) is 9.37 Å². The topological polar surface area (TPSA) is 43.8 Å². The molecule has 1 saturated carbocycles. The molecule has 0 unspecified atom stereocenters. The van der Waals surface area contributed by atoms with E-state index in [4.69, 9.17) is 10.7 Å². The summed E-state index contributed by atoms with van der Waals surface area (Å²) in [6.07, 6.45) is 4.78. The molecule has 1 aliphatic carbocycles. The highest BCUT2D eigenvalue weighted by Gasteiger charge is 2.26. The Hall–Kier alpha value is -1.36. The van der Waals surface area contributed by atoms with Crippen molar-refractivity contribution in [1.82, 2.24) is 9.55 Å². The van der Waals surface area contributed by atoms with Gasteiger partial charge < -0.3 is 10.3 Å². The van der Waals surface area contributed by atoms with Crippen molar-refractivity contribution in [1.29, 1.82) is 0 Å². The number of rotatable bonds is 3. The molecule has 1 aliphatic rings. The predicted molar refractivity (Wildman–Crippen MR) is 86.6 cm³/mol. The Labute approximate surface area is 132 Å². The smallest absolute Gasteiger partial charge is 0.133 e. The molecule has 2 N–H and O–H groups in total. The van der Waals surface area contributed by atoms with E-state index in [1.807, 2.05) is 10.6 Å². The van der Waals surface area contributed by atoms with Crippen LogP contribution in [0.5, 0.6) is 0 Å². The van der Waals surface area contributed by atoms with E-state index in [1.165, 1.54) is 18.9 Å². The van der Waals surface area contributed by atoms with Crippen molar-refractivity contribution in [2.75, 3.05) is 5.73 Å². The molecule has 0 amide bonds. The standard InChI is InChI=1S/C16H19BrFN3/c1-2-21-15(19)14(12-8-7-11(17)9-13(12)18)20-16(21)10-5-3-4-6-10/h7-10H,2-6,19H2,1H3. The van der Waals surface area contributed by atoms with Gasteiger partial charge in [-0.05, 0) is 38.0 Å². The van der Waals surface area contributed by atoms with Gasteiger partial charge >= 0.3 is 0 Å². The number of hydrogen-bond acceptors (Lipinski definition) is 2. The summed E-state index contributed by atoms with van der Waals surface area (Å²) in [5.41, 5.74) is 7.29. The number of nitrogens with two attached hydrogens (primary N) is 1. The molecule has 1 heterocycles. The van der Waals surface area contributed by atoms with Crippen molar-refractivity contribution in [3.8, 4) is 11.3 Å². The van der Waals surface area contributed by atoms with Gasteiger partial charge in [0.2, 0.25) is 0 Å². The number of benzene rings is 1. The van der Waals surface area contributed by atoms with Gasteiger partial charge in [0, 0.05) is 22.5 Å². The molecule has 0 atom stereocenters. The second-order valence-corrected chi connectivity index (χ2v) is 6.47. The second kappa shape index (κ2) is 5.79. The first-order valence-corrected chi connectivity index (χ1v) is 8.22. The lowest BCUT2D eigenvalue weighted by Gasteiger charge is -2.11. The number of nitrogen functional groups attached to an aromatic ring is 1. The molecule has 21 heavy (non-hydrogen) atoms. The minimum absolute atomic E-state index is 0.296. The molecule has 3 rings (SSSR count). The predicted octanol–water partition coefficient (Wildman–Crippen LogP) is 4.71. The van der Waals surface area contributed by atoms with Crippen LogP contribution < -0.4 is 5.73 Å². The van der Waals surface area contributed by atoms with Crippen LogP contribution >= 0.6 is 15.9 Å². The average Bonchev–Trinajstić information content (AvgIpc) is 3.07. The molecule has 0 radical (unpaired) electrons. The Balaban J connectivity index is 2.10. The van der Waals surface area contributed by atoms with Gasteiger partial charge in [0.25, 0.3) is 0 Å². The van der Waals surface area contributed by atoms with Gasteiger partial charge in [-0.1, -0.05) is 28.8 Å². The van der Waals surface area contributed by atoms with Crippen LogP contribution in [-0.2, 0) is 6.54 Å². The molecule has 1 aromatic heterocycles. The minimum Gasteiger partial charge on any atom is -0.383 e. The highest BCUT2D eigenvalue weighted by molar-refractivity contribution is 9.10. The van der Waals surface area contributed by atoms with Crippen LogP contribution in [0.4, 0.5) is 10.2 Å². The lowest BCUT2D eigenvalue weighted by molar-refractivity contribution is 0.604. The summed E-state index contributed by atoms with van der Waals surface area (Å²) in [7, 11) is 0. The third kappa shape index (κ3) is 2.59. The highest BCUT2D eigenvalue weighted by Crippen LogP contribution is 2.38. The molecular weight excluding hydrogens is 333 g/mol. The van der Waals surface area contributed by atoms with Crippen LogP contribution in [0.2, 0.25) is 0 Å². The fourth-order valence-corrected chi connectivity index (χ4v) is 3.52. The Bertz CT molecular complexity index is 660. The van der Waals surface area contributed by atoms with Gasteiger partial charge in [0.15, 0.2) is 0 Å². The minimum atomic E-state index is -0.296. The summed E-state index contributed by atoms with van der Waals surface area (Å²) in [6.45, 7) is 2.82. The molecule has 0 saturated heterocycles. The van der Waals surface area contributed by atoms with Crippen LogP contribution in [-0.4, -0.2) is 9.55 Å². The molecule has 3 nitrogen and oxygen atoms in total. The quantitative estimate of drug-likeness (QED) is 0.869. The maximum absolute atomic E-state index is 14.2. The number of imidazole rings is 1. The first-order valence-electron chi connectivity index (χ1n) is 7.43. The van der Waals surface area contributed by atoms with Gasteiger partial charge in [-0.3, -0.25) is 0 Å². The van der Waals surface area contributed by atoms with Crippen LogP contribution in [0.1, 0.15) is 44.3 Å². The molecule has 1 aromatic carbocycles. The summed E-state index contributed by atoms with van der Waals surface area (Å²) in [4.78, 5) is 4.71. The normalized spacial score (nSPS) is 15.8. The molecule has 1 fully saturated rings. The maximum atomic E-state index is 14.2. The van der Waals surface area contributed by atoms with E-state index in [2.05, 4.69) is 22.9 Å². The van der Waals surface area contributed by atoms with Crippen LogP contribution in [0.25, 0.3) is 11.3 Å². The van der Waals surface area contributed by atoms with Crippen molar-refractivity contribution in [3.63, 3.8) is 0 Å². The zero-order chi connectivity index (χ0) is 15.0. The molecule has 0 bridgehead atoms. The average molecular weight is 352 g/mol. The van der Waals surface area contributed by atoms with Crippen molar-refractivity contribution in [2.24, 2.45) is 0 Å². The molecule has 112 valence electrons. The number of halogens is 2. The summed E-state index contributed by atoms with van der Waals surface area (Å²) in [5, 5.41) is 0. The summed E-state index contributed by atoms with van der Waals surface area (Å²) in [5.74, 6) is 1.75. The van der Waals surface area contributed by atoms with Crippen molar-refractivity contribution in [2.45, 2.75) is 45.1 Å². The zero-order valence-electron chi connectivity index (χ0n) is 12.1. The molecule has 2 aromatic rings. The first kappa shape index (κ1) is 14.6. The third-order valence-electron chi connectivity index (χ3n) is 4.26. The lowest BCUT2D eigenvalue weighted by Crippen LogP contribution is -2.08. The number of hydrogen-bond donors (Lipinski definition) is 1. The Morgan fingerprint density at radius 1 is 1.38 bits per heavy atom. The monoisotopic (exact) mass is 351 g/mol. The van der Waals surface area contributed by atoms with E-state index in [0.717, 1.165) is 25.2 Å². The van der Waals surface area contributed by atoms with Crippen molar-refractivity contribution >= 4 is 21.7 Å². The molecule has 5 heteroatoms. The van der Waals surface area contributed by atoms with Gasteiger partial charge in [0.05, 0.1) is 0 Å². The Kier molecular flexibility index (Phi) is 4.02. The van der Waals surface area contributed by atoms with Crippen LogP contribution in [0.3, 0.4) is 0 Å². The number of anilines is 1. The van der Waals surface area contributed by atoms with Gasteiger partial charge in [0.1, 0.15) is 23.2 Å². The van der Waals surface area contributed by atoms with E-state index < -0.39 is 0 Å². The second-order valence-electron chi connectivity index (χ2n) is 5.55. The maximum Gasteiger partial charge on any atom is 0.133 e. The summed E-state index contributed by atoms with van der Waals surface area (Å²) < 4.78 is 17.0. The lowest BCUT2D eigenvalue weighted by atomic mass is 10.1. The van der Waals surface area contributed by atoms with Crippen molar-refractivity contribution in [3.05, 3.63) is 34.3 Å². The van der Waals surface area contributed by atoms with E-state index in [0.29, 0.717) is 27.5 Å². The molecular formula is C16H19BrFN3. The van der Waals surface area contributed by atoms with E-state index >= 15 is 0 Å². The van der Waals surface area contributed by atoms with Crippen LogP contribution in [0, 0.1) is 5.82 Å². The highest BCUT2D eigenvalue weighted by atomic mass is 79.9. The number of nitrogens with zero attached hydrogens (tertiary/aromatic N) is 2. The fourth-order valence-electron chi connectivity index (χ4n) is 3.19. The van der Waals surface area contributed by atoms with Gasteiger partial charge in [-0.2, -0.15) is 0 Å². The molecule has 0 spiro atoms. The first-order chi connectivity index (χ1) is 10.1. The summed E-state index contributed by atoms with van der Waals surface area (Å²) in [6, 6.07) is 5.00. The van der Waals surface area contributed by atoms with E-state index in [1.54, 1.807) is 6.07 Å².